The number of imide groups is 1. The Bertz CT molecular complexity index is 1570. The summed E-state index contributed by atoms with van der Waals surface area (Å²) >= 11 is 0. The fourth-order valence-electron chi connectivity index (χ4n) is 3.84. The number of nitrogens with one attached hydrogen (secondary N) is 1. The minimum absolute atomic E-state index is 0.0389. The summed E-state index contributed by atoms with van der Waals surface area (Å²) in [5, 5.41) is 14.3. The monoisotopic (exact) mass is 487 g/mol. The molecule has 0 bridgehead atoms. The van der Waals surface area contributed by atoms with E-state index in [1.807, 2.05) is 24.3 Å². The van der Waals surface area contributed by atoms with Gasteiger partial charge in [-0.15, -0.1) is 0 Å². The van der Waals surface area contributed by atoms with E-state index in [1.165, 1.54) is 37.6 Å². The highest BCUT2D eigenvalue weighted by Gasteiger charge is 2.34. The van der Waals surface area contributed by atoms with E-state index in [4.69, 9.17) is 4.42 Å². The van der Waals surface area contributed by atoms with E-state index in [0.717, 1.165) is 15.8 Å². The van der Waals surface area contributed by atoms with Crippen molar-refractivity contribution in [1.82, 2.24) is 19.8 Å². The summed E-state index contributed by atoms with van der Waals surface area (Å²) in [6.45, 7) is -0.173. The minimum Gasteiger partial charge on any atom is -0.463 e. The van der Waals surface area contributed by atoms with Gasteiger partial charge in [0.15, 0.2) is 0 Å². The van der Waals surface area contributed by atoms with Crippen LogP contribution in [0.1, 0.15) is 21.9 Å². The highest BCUT2D eigenvalue weighted by molar-refractivity contribution is 6.14. The molecular weight excluding hydrogens is 470 g/mol. The summed E-state index contributed by atoms with van der Waals surface area (Å²) in [5.41, 5.74) is 1.30. The molecule has 1 aliphatic heterocycles. The first kappa shape index (κ1) is 22.5. The molecule has 1 fully saturated rings. The van der Waals surface area contributed by atoms with Crippen molar-refractivity contribution in [3.05, 3.63) is 93.8 Å². The molecule has 1 aliphatic rings. The maximum absolute atomic E-state index is 13.0. The smallest absolute Gasteiger partial charge is 0.373 e. The highest BCUT2D eigenvalue weighted by Crippen LogP contribution is 2.28. The molecule has 4 heterocycles. The van der Waals surface area contributed by atoms with E-state index >= 15 is 0 Å². The number of aromatic nitrogens is 2. The molecule has 0 unspecified atom stereocenters. The lowest BCUT2D eigenvalue weighted by Gasteiger charge is -2.09. The van der Waals surface area contributed by atoms with Crippen LogP contribution in [0.25, 0.3) is 22.8 Å². The number of pyridine rings is 1. The Morgan fingerprint density at radius 1 is 1.19 bits per heavy atom. The Balaban J connectivity index is 1.45. The topological polar surface area (TPSA) is 150 Å². The number of furan rings is 1. The second-order valence-corrected chi connectivity index (χ2v) is 7.74. The van der Waals surface area contributed by atoms with E-state index in [0.29, 0.717) is 11.4 Å². The summed E-state index contributed by atoms with van der Waals surface area (Å²) in [7, 11) is 1.22. The van der Waals surface area contributed by atoms with Gasteiger partial charge in [0, 0.05) is 23.2 Å². The standard InChI is InChI=1S/C24H17N5O7/c1-35-23(31)20-8-7-16(36-20)13-28-22(30)18(26-24(28)32)10-14-12-27(19-5-3-2-4-17(14)19)21-9-6-15(11-25-21)29(33)34/h2-12H,13H2,1H3,(H,26,32)/b18-10-. The summed E-state index contributed by atoms with van der Waals surface area (Å²) in [4.78, 5) is 52.7. The van der Waals surface area contributed by atoms with Crippen LogP contribution in [0.4, 0.5) is 10.5 Å². The molecule has 5 rings (SSSR count). The van der Waals surface area contributed by atoms with Crippen LogP contribution in [0.15, 0.2) is 71.0 Å². The number of ether oxygens (including phenoxy) is 1. The quantitative estimate of drug-likeness (QED) is 0.143. The molecule has 4 aromatic rings. The normalized spacial score (nSPS) is 14.5. The molecule has 180 valence electrons. The van der Waals surface area contributed by atoms with Gasteiger partial charge in [-0.1, -0.05) is 18.2 Å². The summed E-state index contributed by atoms with van der Waals surface area (Å²) in [5.74, 6) is -0.590. The predicted molar refractivity (Wildman–Crippen MR) is 125 cm³/mol. The fraction of sp³-hybridized carbons (Fsp3) is 0.0833. The van der Waals surface area contributed by atoms with Gasteiger partial charge >= 0.3 is 12.0 Å². The Hall–Kier alpha value is -5.26. The summed E-state index contributed by atoms with van der Waals surface area (Å²) in [6, 6.07) is 12.5. The third kappa shape index (κ3) is 3.96. The van der Waals surface area contributed by atoms with Gasteiger partial charge in [0.1, 0.15) is 23.5 Å². The Kier molecular flexibility index (Phi) is 5.53. The number of urea groups is 1. The predicted octanol–water partition coefficient (Wildman–Crippen LogP) is 3.41. The molecule has 3 amide bonds. The fourth-order valence-corrected chi connectivity index (χ4v) is 3.84. The zero-order chi connectivity index (χ0) is 25.4. The van der Waals surface area contributed by atoms with Crippen molar-refractivity contribution in [2.45, 2.75) is 6.54 Å². The molecule has 3 aromatic heterocycles. The SMILES string of the molecule is COC(=O)c1ccc(CN2C(=O)N/C(=C\c3cn(-c4ccc([N+](=O)[O-])cn4)c4ccccc34)C2=O)o1. The number of amides is 3. The van der Waals surface area contributed by atoms with E-state index in [1.54, 1.807) is 16.8 Å². The van der Waals surface area contributed by atoms with Gasteiger partial charge in [0.05, 0.1) is 24.1 Å². The van der Waals surface area contributed by atoms with Crippen LogP contribution in [0.2, 0.25) is 0 Å². The van der Waals surface area contributed by atoms with Crippen molar-refractivity contribution in [3.8, 4) is 5.82 Å². The number of carbonyl (C=O) groups is 3. The minimum atomic E-state index is -0.669. The number of para-hydroxylation sites is 1. The third-order valence-electron chi connectivity index (χ3n) is 5.56. The van der Waals surface area contributed by atoms with Gasteiger partial charge in [0.2, 0.25) is 5.76 Å². The molecule has 36 heavy (non-hydrogen) atoms. The number of methoxy groups -OCH3 is 1. The van der Waals surface area contributed by atoms with Crippen LogP contribution in [0.5, 0.6) is 0 Å². The van der Waals surface area contributed by atoms with Gasteiger partial charge in [-0.05, 0) is 30.3 Å². The van der Waals surface area contributed by atoms with Crippen molar-refractivity contribution >= 4 is 40.6 Å². The van der Waals surface area contributed by atoms with E-state index in [9.17, 15) is 24.5 Å². The van der Waals surface area contributed by atoms with Crippen LogP contribution in [0.3, 0.4) is 0 Å². The molecule has 12 heteroatoms. The van der Waals surface area contributed by atoms with E-state index in [2.05, 4.69) is 15.0 Å². The third-order valence-corrected chi connectivity index (χ3v) is 5.56. The van der Waals surface area contributed by atoms with Gasteiger partial charge in [0.25, 0.3) is 11.6 Å². The molecule has 0 atom stereocenters. The average molecular weight is 487 g/mol. The second kappa shape index (κ2) is 8.83. The average Bonchev–Trinajstić information content (AvgIpc) is 3.57. The Labute approximate surface area is 202 Å². The maximum Gasteiger partial charge on any atom is 0.373 e. The molecule has 12 nitrogen and oxygen atoms in total. The number of fused-ring (bicyclic) bond motifs is 1. The van der Waals surface area contributed by atoms with E-state index < -0.39 is 22.8 Å². The van der Waals surface area contributed by atoms with Gasteiger partial charge in [-0.25, -0.2) is 14.6 Å². The van der Waals surface area contributed by atoms with Crippen molar-refractivity contribution < 1.29 is 28.5 Å². The Morgan fingerprint density at radius 3 is 2.72 bits per heavy atom. The Morgan fingerprint density at radius 2 is 2.00 bits per heavy atom. The van der Waals surface area contributed by atoms with Crippen molar-refractivity contribution in [3.63, 3.8) is 0 Å². The largest absolute Gasteiger partial charge is 0.463 e. The number of hydrogen-bond donors (Lipinski definition) is 1. The van der Waals surface area contributed by atoms with Crippen LogP contribution < -0.4 is 5.32 Å². The molecule has 1 saturated heterocycles. The molecule has 1 N–H and O–H groups in total. The van der Waals surface area contributed by atoms with Crippen molar-refractivity contribution in [2.75, 3.05) is 7.11 Å². The second-order valence-electron chi connectivity index (χ2n) is 7.74. The van der Waals surface area contributed by atoms with Crippen LogP contribution in [0, 0.1) is 10.1 Å². The molecule has 0 spiro atoms. The number of esters is 1. The van der Waals surface area contributed by atoms with Crippen LogP contribution in [-0.4, -0.2) is 44.4 Å². The lowest BCUT2D eigenvalue weighted by atomic mass is 10.1. The number of benzene rings is 1. The van der Waals surface area contributed by atoms with Crippen molar-refractivity contribution in [1.29, 1.82) is 0 Å². The molecule has 0 aliphatic carbocycles. The number of hydrogen-bond acceptors (Lipinski definition) is 8. The number of nitro groups is 1. The summed E-state index contributed by atoms with van der Waals surface area (Å²) < 4.78 is 11.7. The number of nitrogens with zero attached hydrogens (tertiary/aromatic N) is 4. The molecule has 0 saturated carbocycles. The molecule has 1 aromatic carbocycles. The lowest BCUT2D eigenvalue weighted by molar-refractivity contribution is -0.385. The highest BCUT2D eigenvalue weighted by atomic mass is 16.6. The van der Waals surface area contributed by atoms with Crippen molar-refractivity contribution in [2.24, 2.45) is 0 Å². The number of carbonyl (C=O) groups excluding carboxylic acids is 3. The lowest BCUT2D eigenvalue weighted by Crippen LogP contribution is -2.30. The van der Waals surface area contributed by atoms with Gasteiger partial charge < -0.3 is 19.0 Å². The van der Waals surface area contributed by atoms with Gasteiger partial charge in [-0.3, -0.25) is 19.8 Å². The summed E-state index contributed by atoms with van der Waals surface area (Å²) in [6.07, 6.45) is 4.44. The molecular formula is C24H17N5O7. The van der Waals surface area contributed by atoms with Crippen LogP contribution in [-0.2, 0) is 16.1 Å². The first-order valence-electron chi connectivity index (χ1n) is 10.6. The first-order valence-corrected chi connectivity index (χ1v) is 10.6. The number of rotatable bonds is 6. The van der Waals surface area contributed by atoms with Crippen LogP contribution >= 0.6 is 0 Å². The van der Waals surface area contributed by atoms with E-state index in [-0.39, 0.29) is 29.4 Å². The molecule has 0 radical (unpaired) electrons. The zero-order valence-corrected chi connectivity index (χ0v) is 18.7. The van der Waals surface area contributed by atoms with Gasteiger partial charge in [-0.2, -0.15) is 0 Å². The first-order chi connectivity index (χ1) is 17.4. The maximum atomic E-state index is 13.0. The zero-order valence-electron chi connectivity index (χ0n) is 18.7.